The Balaban J connectivity index is 1.82. The minimum absolute atomic E-state index is 0.352. The van der Waals surface area contributed by atoms with E-state index < -0.39 is 0 Å². The molecule has 0 bridgehead atoms. The second kappa shape index (κ2) is 5.07. The largest absolute Gasteiger partial charge is 0.148 e. The summed E-state index contributed by atoms with van der Waals surface area (Å²) in [7, 11) is 0. The van der Waals surface area contributed by atoms with Gasteiger partial charge in [-0.05, 0) is 45.4 Å². The van der Waals surface area contributed by atoms with E-state index in [0.29, 0.717) is 11.8 Å². The van der Waals surface area contributed by atoms with Crippen molar-refractivity contribution in [2.24, 2.45) is 5.92 Å². The maximum absolute atomic E-state index is 2.35. The van der Waals surface area contributed by atoms with Gasteiger partial charge >= 0.3 is 0 Å². The van der Waals surface area contributed by atoms with Crippen molar-refractivity contribution in [3.63, 3.8) is 0 Å². The molecule has 0 saturated heterocycles. The smallest absolute Gasteiger partial charge is 0.0448 e. The average Bonchev–Trinajstić information content (AvgIpc) is 3.14. The van der Waals surface area contributed by atoms with Crippen LogP contribution >= 0.6 is 11.3 Å². The van der Waals surface area contributed by atoms with E-state index in [0.717, 1.165) is 0 Å². The summed E-state index contributed by atoms with van der Waals surface area (Å²) in [5.74, 6) is 0.768. The lowest BCUT2D eigenvalue weighted by Gasteiger charge is -2.33. The fourth-order valence-corrected chi connectivity index (χ4v) is 4.75. The van der Waals surface area contributed by atoms with Crippen LogP contribution in [0, 0.1) is 5.92 Å². The molecule has 2 unspecified atom stereocenters. The van der Waals surface area contributed by atoms with Crippen LogP contribution in [0.3, 0.4) is 0 Å². The number of benzene rings is 1. The lowest BCUT2D eigenvalue weighted by molar-refractivity contribution is 0.877. The van der Waals surface area contributed by atoms with Crippen molar-refractivity contribution in [3.05, 3.63) is 111 Å². The predicted molar refractivity (Wildman–Crippen MR) is 98.5 cm³/mol. The van der Waals surface area contributed by atoms with Gasteiger partial charge in [0.25, 0.3) is 0 Å². The molecule has 3 aliphatic rings. The third-order valence-electron chi connectivity index (χ3n) is 4.90. The summed E-state index contributed by atoms with van der Waals surface area (Å²) in [4.78, 5) is 1.43. The summed E-state index contributed by atoms with van der Waals surface area (Å²) in [6.45, 7) is 0. The molecule has 110 valence electrons. The number of rotatable bonds is 1. The van der Waals surface area contributed by atoms with E-state index in [1.807, 2.05) is 11.3 Å². The minimum atomic E-state index is 0.352. The Bertz CT molecular complexity index is 917. The van der Waals surface area contributed by atoms with Gasteiger partial charge in [0.2, 0.25) is 0 Å². The van der Waals surface area contributed by atoms with Gasteiger partial charge in [-0.2, -0.15) is 0 Å². The predicted octanol–water partition coefficient (Wildman–Crippen LogP) is 5.89. The van der Waals surface area contributed by atoms with Gasteiger partial charge in [0.05, 0.1) is 0 Å². The van der Waals surface area contributed by atoms with E-state index in [-0.39, 0.29) is 0 Å². The molecule has 3 aliphatic carbocycles. The van der Waals surface area contributed by atoms with Gasteiger partial charge in [-0.1, -0.05) is 66.8 Å². The van der Waals surface area contributed by atoms with Crippen LogP contribution in [0.25, 0.3) is 6.08 Å². The van der Waals surface area contributed by atoms with Crippen LogP contribution < -0.4 is 0 Å². The Morgan fingerprint density at radius 2 is 1.83 bits per heavy atom. The zero-order valence-electron chi connectivity index (χ0n) is 12.6. The van der Waals surface area contributed by atoms with Crippen molar-refractivity contribution >= 4 is 17.4 Å². The molecule has 1 aromatic carbocycles. The third kappa shape index (κ3) is 1.97. The fraction of sp³-hybridized carbons (Fsp3) is 0.0909. The molecule has 2 atom stereocenters. The molecule has 0 aliphatic heterocycles. The molecule has 0 spiro atoms. The first-order valence-corrected chi connectivity index (χ1v) is 8.91. The van der Waals surface area contributed by atoms with Crippen LogP contribution in [0.5, 0.6) is 0 Å². The summed E-state index contributed by atoms with van der Waals surface area (Å²) in [5, 5.41) is 2.19. The average molecular weight is 312 g/mol. The van der Waals surface area contributed by atoms with Crippen molar-refractivity contribution in [2.45, 2.75) is 5.92 Å². The van der Waals surface area contributed by atoms with Gasteiger partial charge < -0.3 is 0 Å². The van der Waals surface area contributed by atoms with Crippen molar-refractivity contribution in [2.75, 3.05) is 0 Å². The van der Waals surface area contributed by atoms with E-state index in [1.165, 1.54) is 32.7 Å². The minimum Gasteiger partial charge on any atom is -0.148 e. The molecule has 2 aromatic rings. The van der Waals surface area contributed by atoms with E-state index in [1.54, 1.807) is 0 Å². The number of fused-ring (bicyclic) bond motifs is 3. The van der Waals surface area contributed by atoms with Crippen LogP contribution in [-0.2, 0) is 0 Å². The maximum Gasteiger partial charge on any atom is 0.0448 e. The highest BCUT2D eigenvalue weighted by molar-refractivity contribution is 7.10. The van der Waals surface area contributed by atoms with Crippen LogP contribution in [0.1, 0.15) is 21.9 Å². The number of hydrogen-bond donors (Lipinski definition) is 0. The normalized spacial score (nSPS) is 24.1. The SMILES string of the molecule is C1=CC2=C3C(=Cc4ccccc4C3c3cccs3)C=CC2C=C1. The summed E-state index contributed by atoms with van der Waals surface area (Å²) in [6.07, 6.45) is 15.9. The monoisotopic (exact) mass is 312 g/mol. The van der Waals surface area contributed by atoms with E-state index >= 15 is 0 Å². The molecule has 0 fully saturated rings. The molecule has 1 heteroatoms. The first-order valence-electron chi connectivity index (χ1n) is 8.03. The first-order chi connectivity index (χ1) is 11.4. The molecular weight excluding hydrogens is 296 g/mol. The molecular formula is C22H16S. The molecule has 23 heavy (non-hydrogen) atoms. The zero-order chi connectivity index (χ0) is 15.2. The molecule has 0 saturated carbocycles. The Morgan fingerprint density at radius 1 is 0.870 bits per heavy atom. The van der Waals surface area contributed by atoms with E-state index in [2.05, 4.69) is 84.3 Å². The quantitative estimate of drug-likeness (QED) is 0.616. The Labute approximate surface area is 140 Å². The molecule has 5 rings (SSSR count). The highest BCUT2D eigenvalue weighted by atomic mass is 32.1. The van der Waals surface area contributed by atoms with Gasteiger partial charge in [-0.3, -0.25) is 0 Å². The highest BCUT2D eigenvalue weighted by Crippen LogP contribution is 2.49. The van der Waals surface area contributed by atoms with Crippen molar-refractivity contribution < 1.29 is 0 Å². The van der Waals surface area contributed by atoms with E-state index in [4.69, 9.17) is 0 Å². The lowest BCUT2D eigenvalue weighted by atomic mass is 9.71. The number of thiophene rings is 1. The fourth-order valence-electron chi connectivity index (χ4n) is 3.90. The van der Waals surface area contributed by atoms with Crippen LogP contribution in [0.2, 0.25) is 0 Å². The third-order valence-corrected chi connectivity index (χ3v) is 5.84. The molecule has 0 N–H and O–H groups in total. The summed E-state index contributed by atoms with van der Waals surface area (Å²) in [5.41, 5.74) is 7.09. The Hall–Kier alpha value is -2.38. The van der Waals surface area contributed by atoms with Gasteiger partial charge in [0.1, 0.15) is 0 Å². The summed E-state index contributed by atoms with van der Waals surface area (Å²) >= 11 is 1.86. The zero-order valence-corrected chi connectivity index (χ0v) is 13.5. The standard InChI is InChI=1S/C22H16S/c1-3-8-18-15(6-1)11-12-17-14-16-7-2-4-9-19(16)22(21(17)18)20-10-5-13-23-20/h1-15,22H. The van der Waals surface area contributed by atoms with Gasteiger partial charge in [0.15, 0.2) is 0 Å². The Morgan fingerprint density at radius 3 is 2.74 bits per heavy atom. The molecule has 0 amide bonds. The number of hydrogen-bond acceptors (Lipinski definition) is 1. The highest BCUT2D eigenvalue weighted by Gasteiger charge is 2.32. The Kier molecular flexibility index (Phi) is 2.89. The molecule has 0 radical (unpaired) electrons. The molecule has 1 heterocycles. The molecule has 0 nitrogen and oxygen atoms in total. The van der Waals surface area contributed by atoms with Gasteiger partial charge in [-0.15, -0.1) is 11.3 Å². The maximum atomic E-state index is 2.35. The van der Waals surface area contributed by atoms with Gasteiger partial charge in [-0.25, -0.2) is 0 Å². The topological polar surface area (TPSA) is 0 Å². The van der Waals surface area contributed by atoms with Crippen molar-refractivity contribution in [1.29, 1.82) is 0 Å². The van der Waals surface area contributed by atoms with E-state index in [9.17, 15) is 0 Å². The second-order valence-electron chi connectivity index (χ2n) is 6.17. The second-order valence-corrected chi connectivity index (χ2v) is 7.15. The summed E-state index contributed by atoms with van der Waals surface area (Å²) < 4.78 is 0. The molecule has 1 aromatic heterocycles. The van der Waals surface area contributed by atoms with Crippen molar-refractivity contribution in [1.82, 2.24) is 0 Å². The van der Waals surface area contributed by atoms with Crippen LogP contribution in [-0.4, -0.2) is 0 Å². The summed E-state index contributed by atoms with van der Waals surface area (Å²) in [6, 6.07) is 13.3. The van der Waals surface area contributed by atoms with Crippen LogP contribution in [0.15, 0.2) is 95.0 Å². The first kappa shape index (κ1) is 13.1. The van der Waals surface area contributed by atoms with Crippen molar-refractivity contribution in [3.8, 4) is 0 Å². The van der Waals surface area contributed by atoms with Crippen LogP contribution in [0.4, 0.5) is 0 Å². The number of allylic oxidation sites excluding steroid dienone is 9. The van der Waals surface area contributed by atoms with Gasteiger partial charge in [0, 0.05) is 16.7 Å². The lowest BCUT2D eigenvalue weighted by Crippen LogP contribution is -2.18.